The minimum atomic E-state index is -0.835. The summed E-state index contributed by atoms with van der Waals surface area (Å²) in [5.41, 5.74) is 0. The highest BCUT2D eigenvalue weighted by molar-refractivity contribution is 5.77. The number of hydrogen-bond acceptors (Lipinski definition) is 3. The molecule has 0 aromatic rings. The lowest BCUT2D eigenvalue weighted by Crippen LogP contribution is -2.41. The number of aliphatic carboxylic acids is 1. The SMILES string of the molecule is O=C(O)CCCC(=O)NC1CC2CNC(C2)C1. The van der Waals surface area contributed by atoms with Crippen molar-refractivity contribution < 1.29 is 14.7 Å². The van der Waals surface area contributed by atoms with E-state index in [0.717, 1.165) is 19.4 Å². The van der Waals surface area contributed by atoms with E-state index in [2.05, 4.69) is 10.6 Å². The quantitative estimate of drug-likeness (QED) is 0.654. The second-order valence-electron chi connectivity index (χ2n) is 5.19. The number of carboxylic acid groups (broad SMARTS) is 1. The van der Waals surface area contributed by atoms with Crippen LogP contribution in [0.1, 0.15) is 38.5 Å². The normalized spacial score (nSPS) is 31.2. The van der Waals surface area contributed by atoms with Crippen LogP contribution in [0.15, 0.2) is 0 Å². The third-order valence-electron chi connectivity index (χ3n) is 3.66. The number of carbonyl (C=O) groups excluding carboxylic acids is 1. The molecule has 1 saturated heterocycles. The summed E-state index contributed by atoms with van der Waals surface area (Å²) in [4.78, 5) is 21.9. The Balaban J connectivity index is 1.66. The van der Waals surface area contributed by atoms with Crippen LogP contribution < -0.4 is 10.6 Å². The molecule has 0 aromatic heterocycles. The topological polar surface area (TPSA) is 78.4 Å². The fourth-order valence-corrected chi connectivity index (χ4v) is 2.92. The van der Waals surface area contributed by atoms with Crippen molar-refractivity contribution in [3.8, 4) is 0 Å². The Hall–Kier alpha value is -1.10. The third kappa shape index (κ3) is 3.70. The maximum atomic E-state index is 11.6. The van der Waals surface area contributed by atoms with E-state index in [9.17, 15) is 9.59 Å². The molecule has 1 aliphatic heterocycles. The van der Waals surface area contributed by atoms with E-state index >= 15 is 0 Å². The smallest absolute Gasteiger partial charge is 0.303 e. The van der Waals surface area contributed by atoms with Crippen molar-refractivity contribution in [2.75, 3.05) is 6.54 Å². The molecular weight excluding hydrogens is 220 g/mol. The van der Waals surface area contributed by atoms with Crippen molar-refractivity contribution in [2.24, 2.45) is 5.92 Å². The van der Waals surface area contributed by atoms with Crippen LogP contribution >= 0.6 is 0 Å². The van der Waals surface area contributed by atoms with Crippen molar-refractivity contribution >= 4 is 11.9 Å². The van der Waals surface area contributed by atoms with E-state index in [1.165, 1.54) is 6.42 Å². The van der Waals surface area contributed by atoms with Gasteiger partial charge in [0, 0.05) is 24.9 Å². The zero-order chi connectivity index (χ0) is 12.3. The van der Waals surface area contributed by atoms with E-state index in [1.807, 2.05) is 0 Å². The summed E-state index contributed by atoms with van der Waals surface area (Å²) in [5.74, 6) is -0.131. The fraction of sp³-hybridized carbons (Fsp3) is 0.833. The molecule has 2 aliphatic rings. The predicted molar refractivity (Wildman–Crippen MR) is 62.5 cm³/mol. The Morgan fingerprint density at radius 1 is 1.24 bits per heavy atom. The van der Waals surface area contributed by atoms with Crippen LogP contribution in [0, 0.1) is 5.92 Å². The number of amides is 1. The Bertz CT molecular complexity index is 294. The molecule has 1 saturated carbocycles. The van der Waals surface area contributed by atoms with Gasteiger partial charge >= 0.3 is 5.97 Å². The van der Waals surface area contributed by atoms with E-state index in [1.54, 1.807) is 0 Å². The van der Waals surface area contributed by atoms with Gasteiger partial charge in [0.1, 0.15) is 0 Å². The summed E-state index contributed by atoms with van der Waals surface area (Å²) >= 11 is 0. The maximum Gasteiger partial charge on any atom is 0.303 e. The highest BCUT2D eigenvalue weighted by atomic mass is 16.4. The minimum Gasteiger partial charge on any atom is -0.481 e. The van der Waals surface area contributed by atoms with Crippen molar-refractivity contribution in [3.05, 3.63) is 0 Å². The maximum absolute atomic E-state index is 11.6. The summed E-state index contributed by atoms with van der Waals surface area (Å²) in [6, 6.07) is 0.851. The lowest BCUT2D eigenvalue weighted by atomic mass is 9.86. The van der Waals surface area contributed by atoms with E-state index in [0.29, 0.717) is 24.8 Å². The Morgan fingerprint density at radius 3 is 2.76 bits per heavy atom. The summed E-state index contributed by atoms with van der Waals surface area (Å²) < 4.78 is 0. The van der Waals surface area contributed by atoms with Gasteiger partial charge in [-0.1, -0.05) is 0 Å². The van der Waals surface area contributed by atoms with E-state index < -0.39 is 5.97 Å². The lowest BCUT2D eigenvalue weighted by molar-refractivity contribution is -0.137. The molecule has 96 valence electrons. The molecule has 1 amide bonds. The molecule has 0 radical (unpaired) electrons. The van der Waals surface area contributed by atoms with Crippen molar-refractivity contribution in [1.29, 1.82) is 0 Å². The van der Waals surface area contributed by atoms with Crippen LogP contribution in [0.25, 0.3) is 0 Å². The second kappa shape index (κ2) is 5.49. The average Bonchev–Trinajstić information content (AvgIpc) is 2.57. The van der Waals surface area contributed by atoms with Gasteiger partial charge in [0.05, 0.1) is 0 Å². The first-order chi connectivity index (χ1) is 8.13. The van der Waals surface area contributed by atoms with Crippen molar-refractivity contribution in [2.45, 2.75) is 50.6 Å². The molecule has 3 atom stereocenters. The van der Waals surface area contributed by atoms with Gasteiger partial charge < -0.3 is 15.7 Å². The van der Waals surface area contributed by atoms with Crippen LogP contribution in [0.2, 0.25) is 0 Å². The summed E-state index contributed by atoms with van der Waals surface area (Å²) in [7, 11) is 0. The molecule has 5 heteroatoms. The van der Waals surface area contributed by atoms with Gasteiger partial charge in [0.2, 0.25) is 5.91 Å². The first-order valence-corrected chi connectivity index (χ1v) is 6.38. The number of carbonyl (C=O) groups is 2. The monoisotopic (exact) mass is 240 g/mol. The molecule has 1 aliphatic carbocycles. The van der Waals surface area contributed by atoms with Gasteiger partial charge in [-0.25, -0.2) is 0 Å². The first kappa shape index (κ1) is 12.4. The second-order valence-corrected chi connectivity index (χ2v) is 5.19. The van der Waals surface area contributed by atoms with Gasteiger partial charge in [-0.3, -0.25) is 9.59 Å². The minimum absolute atomic E-state index is 0.00227. The molecule has 1 heterocycles. The molecule has 17 heavy (non-hydrogen) atoms. The van der Waals surface area contributed by atoms with Gasteiger partial charge in [-0.2, -0.15) is 0 Å². The molecule has 3 unspecified atom stereocenters. The van der Waals surface area contributed by atoms with E-state index in [4.69, 9.17) is 5.11 Å². The van der Waals surface area contributed by atoms with Gasteiger partial charge in [-0.05, 0) is 38.1 Å². The predicted octanol–water partition coefficient (Wildman–Crippen LogP) is 0.498. The van der Waals surface area contributed by atoms with Gasteiger partial charge in [0.25, 0.3) is 0 Å². The highest BCUT2D eigenvalue weighted by Gasteiger charge is 2.34. The van der Waals surface area contributed by atoms with Crippen LogP contribution in [0.4, 0.5) is 0 Å². The van der Waals surface area contributed by atoms with Gasteiger partial charge in [-0.15, -0.1) is 0 Å². The first-order valence-electron chi connectivity index (χ1n) is 6.38. The zero-order valence-corrected chi connectivity index (χ0v) is 9.95. The Kier molecular flexibility index (Phi) is 3.99. The summed E-state index contributed by atoms with van der Waals surface area (Å²) in [6.07, 6.45) is 4.15. The van der Waals surface area contributed by atoms with Crippen LogP contribution in [-0.4, -0.2) is 35.6 Å². The molecule has 0 aromatic carbocycles. The molecular formula is C12H20N2O3. The number of fused-ring (bicyclic) bond motifs is 2. The van der Waals surface area contributed by atoms with Crippen LogP contribution in [-0.2, 0) is 9.59 Å². The molecule has 0 spiro atoms. The van der Waals surface area contributed by atoms with Crippen molar-refractivity contribution in [1.82, 2.24) is 10.6 Å². The average molecular weight is 240 g/mol. The number of carboxylic acids is 1. The van der Waals surface area contributed by atoms with E-state index in [-0.39, 0.29) is 18.4 Å². The molecule has 3 N–H and O–H groups in total. The van der Waals surface area contributed by atoms with Crippen molar-refractivity contribution in [3.63, 3.8) is 0 Å². The molecule has 5 nitrogen and oxygen atoms in total. The fourth-order valence-electron chi connectivity index (χ4n) is 2.92. The number of rotatable bonds is 5. The highest BCUT2D eigenvalue weighted by Crippen LogP contribution is 2.29. The Morgan fingerprint density at radius 2 is 2.06 bits per heavy atom. The third-order valence-corrected chi connectivity index (χ3v) is 3.66. The Labute approximate surface area is 101 Å². The standard InChI is InChI=1S/C12H20N2O3/c15-11(2-1-3-12(16)17)14-10-5-8-4-9(6-10)13-7-8/h8-10,13H,1-7H2,(H,14,15)(H,16,17). The van der Waals surface area contributed by atoms with Crippen LogP contribution in [0.5, 0.6) is 0 Å². The zero-order valence-electron chi connectivity index (χ0n) is 9.95. The van der Waals surface area contributed by atoms with Crippen LogP contribution in [0.3, 0.4) is 0 Å². The lowest BCUT2D eigenvalue weighted by Gasteiger charge is -2.27. The molecule has 2 rings (SSSR count). The molecule has 2 bridgehead atoms. The number of nitrogens with one attached hydrogen (secondary N) is 2. The number of hydrogen-bond donors (Lipinski definition) is 3. The molecule has 2 fully saturated rings. The van der Waals surface area contributed by atoms with Gasteiger partial charge in [0.15, 0.2) is 0 Å². The largest absolute Gasteiger partial charge is 0.481 e. The summed E-state index contributed by atoms with van der Waals surface area (Å²) in [5, 5.41) is 15.0. The summed E-state index contributed by atoms with van der Waals surface area (Å²) in [6.45, 7) is 1.08.